The molecule has 3 saturated heterocycles. The number of halogens is 3. The Morgan fingerprint density at radius 3 is 2.47 bits per heavy atom. The highest BCUT2D eigenvalue weighted by molar-refractivity contribution is 6.25. The highest BCUT2D eigenvalue weighted by Crippen LogP contribution is 2.44. The summed E-state index contributed by atoms with van der Waals surface area (Å²) in [4.78, 5) is 48.0. The van der Waals surface area contributed by atoms with E-state index in [0.717, 1.165) is 17.0 Å². The summed E-state index contributed by atoms with van der Waals surface area (Å²) in [5.74, 6) is -1.40. The number of pyridine rings is 1. The maximum Gasteiger partial charge on any atom is 0.417 e. The predicted octanol–water partition coefficient (Wildman–Crippen LogP) is 3.56. The summed E-state index contributed by atoms with van der Waals surface area (Å²) in [6.45, 7) is 0.0332. The molecule has 4 amide bonds. The van der Waals surface area contributed by atoms with E-state index in [4.69, 9.17) is 0 Å². The number of hydrogen-bond donors (Lipinski definition) is 0. The van der Waals surface area contributed by atoms with E-state index in [0.29, 0.717) is 17.2 Å². The van der Waals surface area contributed by atoms with Crippen molar-refractivity contribution in [2.24, 2.45) is 0 Å². The van der Waals surface area contributed by atoms with Crippen LogP contribution in [0, 0.1) is 11.3 Å². The third-order valence-corrected chi connectivity index (χ3v) is 7.11. The third-order valence-electron chi connectivity index (χ3n) is 7.11. The van der Waals surface area contributed by atoms with Crippen LogP contribution in [0.2, 0.25) is 0 Å². The second-order valence-corrected chi connectivity index (χ2v) is 8.92. The number of piperazine rings is 1. The molecular weight excluding hydrogens is 475 g/mol. The largest absolute Gasteiger partial charge is 0.417 e. The van der Waals surface area contributed by atoms with Crippen molar-refractivity contribution < 1.29 is 27.6 Å². The molecular formula is C25H16F3N5O3. The first-order valence-corrected chi connectivity index (χ1v) is 11.1. The molecule has 0 N–H and O–H groups in total. The molecule has 2 unspecified atom stereocenters. The van der Waals surface area contributed by atoms with Gasteiger partial charge in [-0.2, -0.15) is 18.4 Å². The van der Waals surface area contributed by atoms with Gasteiger partial charge in [0.25, 0.3) is 11.8 Å². The van der Waals surface area contributed by atoms with E-state index in [1.165, 1.54) is 28.1 Å². The van der Waals surface area contributed by atoms with Crippen LogP contribution in [0.4, 0.5) is 23.7 Å². The Morgan fingerprint density at radius 2 is 1.75 bits per heavy atom. The van der Waals surface area contributed by atoms with Crippen LogP contribution in [0.5, 0.6) is 0 Å². The number of aromatic nitrogens is 1. The third kappa shape index (κ3) is 2.94. The van der Waals surface area contributed by atoms with Gasteiger partial charge in [-0.1, -0.05) is 36.4 Å². The second-order valence-electron chi connectivity index (χ2n) is 8.92. The van der Waals surface area contributed by atoms with Gasteiger partial charge in [0, 0.05) is 17.3 Å². The van der Waals surface area contributed by atoms with Crippen LogP contribution in [0.25, 0.3) is 10.8 Å². The van der Waals surface area contributed by atoms with Gasteiger partial charge in [-0.15, -0.1) is 0 Å². The van der Waals surface area contributed by atoms with Gasteiger partial charge in [0.1, 0.15) is 17.8 Å². The number of hydrogen-bond acceptors (Lipinski definition) is 5. The van der Waals surface area contributed by atoms with E-state index < -0.39 is 53.3 Å². The maximum atomic E-state index is 13.6. The molecule has 2 bridgehead atoms. The minimum Gasteiger partial charge on any atom is -0.331 e. The van der Waals surface area contributed by atoms with Crippen molar-refractivity contribution in [3.63, 3.8) is 0 Å². The summed E-state index contributed by atoms with van der Waals surface area (Å²) in [5, 5.41) is 10.3. The van der Waals surface area contributed by atoms with Gasteiger partial charge in [0.05, 0.1) is 35.1 Å². The summed E-state index contributed by atoms with van der Waals surface area (Å²) in [6.07, 6.45) is -3.11. The predicted molar refractivity (Wildman–Crippen MR) is 120 cm³/mol. The average Bonchev–Trinajstić information content (AvgIpc) is 3.54. The highest BCUT2D eigenvalue weighted by Gasteiger charge is 2.63. The van der Waals surface area contributed by atoms with Gasteiger partial charge < -0.3 is 9.80 Å². The molecule has 2 aromatic carbocycles. The maximum absolute atomic E-state index is 13.6. The number of likely N-dealkylation sites (tertiary alicyclic amines) is 1. The normalized spacial score (nSPS) is 22.9. The van der Waals surface area contributed by atoms with Gasteiger partial charge in [-0.3, -0.25) is 9.59 Å². The zero-order valence-electron chi connectivity index (χ0n) is 18.4. The molecule has 8 nitrogen and oxygen atoms in total. The average molecular weight is 491 g/mol. The molecule has 0 saturated carbocycles. The van der Waals surface area contributed by atoms with Crippen LogP contribution in [0.1, 0.15) is 28.0 Å². The number of rotatable bonds is 2. The molecule has 3 aromatic rings. The smallest absolute Gasteiger partial charge is 0.331 e. The fraction of sp³-hybridized carbons (Fsp3) is 0.240. The van der Waals surface area contributed by atoms with E-state index >= 15 is 0 Å². The number of urea groups is 1. The monoisotopic (exact) mass is 491 g/mol. The highest BCUT2D eigenvalue weighted by atomic mass is 19.4. The van der Waals surface area contributed by atoms with E-state index in [1.54, 1.807) is 24.3 Å². The number of alkyl halides is 3. The fourth-order valence-electron chi connectivity index (χ4n) is 5.63. The molecule has 1 aromatic heterocycles. The topological polar surface area (TPSA) is 97.6 Å². The van der Waals surface area contributed by atoms with Crippen molar-refractivity contribution in [3.8, 4) is 6.07 Å². The van der Waals surface area contributed by atoms with E-state index in [1.807, 2.05) is 6.07 Å². The van der Waals surface area contributed by atoms with Crippen molar-refractivity contribution in [2.75, 3.05) is 11.4 Å². The Labute approximate surface area is 202 Å². The summed E-state index contributed by atoms with van der Waals surface area (Å²) in [7, 11) is 0. The number of amides is 4. The fourth-order valence-corrected chi connectivity index (χ4v) is 5.63. The molecule has 0 radical (unpaired) electrons. The van der Waals surface area contributed by atoms with Crippen LogP contribution in [0.15, 0.2) is 54.7 Å². The first-order chi connectivity index (χ1) is 17.2. The summed E-state index contributed by atoms with van der Waals surface area (Å²) in [5.41, 5.74) is -1.16. The molecule has 180 valence electrons. The molecule has 36 heavy (non-hydrogen) atoms. The van der Waals surface area contributed by atoms with Gasteiger partial charge in [0.2, 0.25) is 0 Å². The van der Waals surface area contributed by atoms with Gasteiger partial charge in [-0.05, 0) is 18.6 Å². The lowest BCUT2D eigenvalue weighted by Crippen LogP contribution is -2.55. The zero-order valence-corrected chi connectivity index (χ0v) is 18.4. The number of carbonyl (C=O) groups is 3. The van der Waals surface area contributed by atoms with E-state index in [-0.39, 0.29) is 17.9 Å². The van der Waals surface area contributed by atoms with Crippen LogP contribution >= 0.6 is 0 Å². The molecule has 3 aliphatic heterocycles. The van der Waals surface area contributed by atoms with Gasteiger partial charge >= 0.3 is 12.2 Å². The Bertz CT molecular complexity index is 1510. The zero-order chi connectivity index (χ0) is 25.4. The van der Waals surface area contributed by atoms with Crippen LogP contribution in [-0.2, 0) is 11.0 Å². The van der Waals surface area contributed by atoms with Crippen LogP contribution < -0.4 is 4.90 Å². The molecule has 3 atom stereocenters. The van der Waals surface area contributed by atoms with Crippen molar-refractivity contribution in [2.45, 2.75) is 30.7 Å². The lowest BCUT2D eigenvalue weighted by atomic mass is 10.0. The van der Waals surface area contributed by atoms with E-state index in [9.17, 15) is 32.8 Å². The molecule has 11 heteroatoms. The lowest BCUT2D eigenvalue weighted by molar-refractivity contribution is -0.138. The quantitative estimate of drug-likeness (QED) is 0.511. The molecule has 3 fully saturated rings. The lowest BCUT2D eigenvalue weighted by Gasteiger charge is -2.35. The Hall–Kier alpha value is -4.46. The van der Waals surface area contributed by atoms with Crippen LogP contribution in [-0.4, -0.2) is 57.3 Å². The summed E-state index contributed by atoms with van der Waals surface area (Å²) >= 11 is 0. The molecule has 4 heterocycles. The van der Waals surface area contributed by atoms with Crippen molar-refractivity contribution in [1.29, 1.82) is 5.26 Å². The Morgan fingerprint density at radius 1 is 1.06 bits per heavy atom. The number of nitrogens with zero attached hydrogens (tertiary/aromatic N) is 5. The minimum atomic E-state index is -4.71. The van der Waals surface area contributed by atoms with Crippen molar-refractivity contribution in [3.05, 3.63) is 71.5 Å². The van der Waals surface area contributed by atoms with Crippen molar-refractivity contribution >= 4 is 34.3 Å². The number of carbonyl (C=O) groups excluding carboxylic acids is 3. The summed E-state index contributed by atoms with van der Waals surface area (Å²) in [6, 6.07) is 10.5. The number of anilines is 1. The SMILES string of the molecule is N#Cc1ncc(N2C(=O)[C@@H]3C4CC(CN4C(=O)c4ccccc4C(F)(F)F)N3C2=O)c2ccccc12. The van der Waals surface area contributed by atoms with Crippen molar-refractivity contribution in [1.82, 2.24) is 14.8 Å². The molecule has 3 aliphatic rings. The first kappa shape index (κ1) is 22.0. The number of fused-ring (bicyclic) bond motifs is 6. The number of nitriles is 1. The standard InChI is InChI=1S/C25H16F3N5O3/c26-25(27,28)17-8-4-3-7-16(17)22(34)31-12-13-9-19(31)21-23(35)33(24(36)32(13)21)20-11-30-18(10-29)14-5-1-2-6-15(14)20/h1-8,11,13,19,21H,9,12H2/t13?,19?,21-/m0/s1. The van der Waals surface area contributed by atoms with Gasteiger partial charge in [-0.25, -0.2) is 14.7 Å². The number of benzene rings is 2. The Balaban J connectivity index is 1.36. The van der Waals surface area contributed by atoms with Gasteiger partial charge in [0.15, 0.2) is 0 Å². The van der Waals surface area contributed by atoms with Crippen LogP contribution in [0.3, 0.4) is 0 Å². The molecule has 6 rings (SSSR count). The molecule has 0 spiro atoms. The number of imide groups is 1. The first-order valence-electron chi connectivity index (χ1n) is 11.1. The summed E-state index contributed by atoms with van der Waals surface area (Å²) < 4.78 is 40.6. The second kappa shape index (κ2) is 7.52. The minimum absolute atomic E-state index is 0.0332. The molecule has 0 aliphatic carbocycles. The Kier molecular flexibility index (Phi) is 4.60. The van der Waals surface area contributed by atoms with E-state index in [2.05, 4.69) is 4.98 Å².